The Kier molecular flexibility index (Phi) is 3.28. The maximum absolute atomic E-state index is 11.1. The summed E-state index contributed by atoms with van der Waals surface area (Å²) in [5.41, 5.74) is 4.08. The second-order valence-electron chi connectivity index (χ2n) is 4.85. The number of benzene rings is 2. The first-order chi connectivity index (χ1) is 10.1. The molecule has 0 atom stereocenters. The number of carboxylic acid groups (broad SMARTS) is 1. The number of aromatic carboxylic acids is 1. The average Bonchev–Trinajstić information content (AvgIpc) is 2.98. The molecular weight excluding hydrogens is 264 g/mol. The second-order valence-corrected chi connectivity index (χ2v) is 4.85. The average molecular weight is 278 g/mol. The van der Waals surface area contributed by atoms with Gasteiger partial charge in [-0.05, 0) is 30.2 Å². The van der Waals surface area contributed by atoms with Crippen LogP contribution in [0.2, 0.25) is 0 Å². The van der Waals surface area contributed by atoms with Gasteiger partial charge in [-0.1, -0.05) is 36.4 Å². The minimum absolute atomic E-state index is 0.257. The normalized spacial score (nSPS) is 10.5. The van der Waals surface area contributed by atoms with Gasteiger partial charge in [0.25, 0.3) is 0 Å². The van der Waals surface area contributed by atoms with E-state index in [1.165, 1.54) is 0 Å². The van der Waals surface area contributed by atoms with Crippen molar-refractivity contribution < 1.29 is 9.90 Å². The highest BCUT2D eigenvalue weighted by Crippen LogP contribution is 2.21. The lowest BCUT2D eigenvalue weighted by molar-refractivity contribution is 0.0697. The predicted octanol–water partition coefficient (Wildman–Crippen LogP) is 3.55. The van der Waals surface area contributed by atoms with Gasteiger partial charge in [0.2, 0.25) is 0 Å². The van der Waals surface area contributed by atoms with E-state index in [1.807, 2.05) is 43.5 Å². The fraction of sp³-hybridized carbons (Fsp3) is 0.0588. The third-order valence-corrected chi connectivity index (χ3v) is 3.39. The molecule has 0 radical (unpaired) electrons. The standard InChI is InChI=1S/C17H14N2O2/c1-12-7-8-14(17(20)21)9-16(12)19-11-15(10-18-19)13-5-3-2-4-6-13/h2-11H,1H3,(H,20,21). The Hall–Kier alpha value is -2.88. The van der Waals surface area contributed by atoms with Gasteiger partial charge in [-0.3, -0.25) is 0 Å². The van der Waals surface area contributed by atoms with E-state index >= 15 is 0 Å². The van der Waals surface area contributed by atoms with Crippen LogP contribution in [0.15, 0.2) is 60.9 Å². The van der Waals surface area contributed by atoms with Gasteiger partial charge in [-0.15, -0.1) is 0 Å². The van der Waals surface area contributed by atoms with Crippen LogP contribution in [0.1, 0.15) is 15.9 Å². The van der Waals surface area contributed by atoms with Crippen LogP contribution in [0.25, 0.3) is 16.8 Å². The van der Waals surface area contributed by atoms with Crippen LogP contribution in [0, 0.1) is 6.92 Å². The van der Waals surface area contributed by atoms with Gasteiger partial charge in [-0.25, -0.2) is 9.48 Å². The van der Waals surface area contributed by atoms with E-state index in [9.17, 15) is 4.79 Å². The lowest BCUT2D eigenvalue weighted by Gasteiger charge is -2.06. The van der Waals surface area contributed by atoms with Crippen molar-refractivity contribution in [2.24, 2.45) is 0 Å². The highest BCUT2D eigenvalue weighted by Gasteiger charge is 2.09. The van der Waals surface area contributed by atoms with Crippen molar-refractivity contribution in [3.8, 4) is 16.8 Å². The molecule has 104 valence electrons. The zero-order valence-electron chi connectivity index (χ0n) is 11.5. The van der Waals surface area contributed by atoms with Crippen molar-refractivity contribution in [2.45, 2.75) is 6.92 Å². The summed E-state index contributed by atoms with van der Waals surface area (Å²) in [6.07, 6.45) is 3.69. The summed E-state index contributed by atoms with van der Waals surface area (Å²) < 4.78 is 1.71. The van der Waals surface area contributed by atoms with Crippen molar-refractivity contribution in [2.75, 3.05) is 0 Å². The van der Waals surface area contributed by atoms with Crippen LogP contribution in [-0.4, -0.2) is 20.9 Å². The lowest BCUT2D eigenvalue weighted by atomic mass is 10.1. The number of nitrogens with zero attached hydrogens (tertiary/aromatic N) is 2. The van der Waals surface area contributed by atoms with Gasteiger partial charge in [0.1, 0.15) is 0 Å². The number of aromatic nitrogens is 2. The van der Waals surface area contributed by atoms with Crippen LogP contribution in [0.5, 0.6) is 0 Å². The van der Waals surface area contributed by atoms with Crippen LogP contribution < -0.4 is 0 Å². The maximum Gasteiger partial charge on any atom is 0.335 e. The second kappa shape index (κ2) is 5.25. The molecule has 0 unspecified atom stereocenters. The van der Waals surface area contributed by atoms with Crippen molar-refractivity contribution in [3.63, 3.8) is 0 Å². The third-order valence-electron chi connectivity index (χ3n) is 3.39. The van der Waals surface area contributed by atoms with Crippen molar-refractivity contribution in [3.05, 3.63) is 72.1 Å². The van der Waals surface area contributed by atoms with Gasteiger partial charge < -0.3 is 5.11 Å². The number of carboxylic acids is 1. The summed E-state index contributed by atoms with van der Waals surface area (Å²) in [5.74, 6) is -0.938. The molecule has 0 aliphatic rings. The first kappa shape index (κ1) is 13.1. The van der Waals surface area contributed by atoms with Crippen molar-refractivity contribution in [1.82, 2.24) is 9.78 Å². The number of rotatable bonds is 3. The molecule has 3 rings (SSSR count). The quantitative estimate of drug-likeness (QED) is 0.797. The molecule has 1 heterocycles. The van der Waals surface area contributed by atoms with E-state index in [0.29, 0.717) is 0 Å². The molecule has 1 N–H and O–H groups in total. The van der Waals surface area contributed by atoms with Gasteiger partial charge in [0.15, 0.2) is 0 Å². The Morgan fingerprint density at radius 1 is 1.10 bits per heavy atom. The molecule has 0 aliphatic carbocycles. The molecule has 4 heteroatoms. The fourth-order valence-corrected chi connectivity index (χ4v) is 2.22. The molecule has 0 saturated carbocycles. The molecule has 1 aromatic heterocycles. The molecule has 0 saturated heterocycles. The summed E-state index contributed by atoms with van der Waals surface area (Å²) in [6, 6.07) is 15.0. The molecule has 0 bridgehead atoms. The molecule has 0 fully saturated rings. The Morgan fingerprint density at radius 2 is 1.86 bits per heavy atom. The number of hydrogen-bond acceptors (Lipinski definition) is 2. The molecule has 0 aliphatic heterocycles. The lowest BCUT2D eigenvalue weighted by Crippen LogP contribution is -2.02. The Bertz CT molecular complexity index is 792. The van der Waals surface area contributed by atoms with E-state index in [0.717, 1.165) is 22.4 Å². The largest absolute Gasteiger partial charge is 0.478 e. The Morgan fingerprint density at radius 3 is 2.57 bits per heavy atom. The monoisotopic (exact) mass is 278 g/mol. The predicted molar refractivity (Wildman–Crippen MR) is 80.7 cm³/mol. The number of hydrogen-bond donors (Lipinski definition) is 1. The summed E-state index contributed by atoms with van der Waals surface area (Å²) in [5, 5.41) is 13.4. The minimum Gasteiger partial charge on any atom is -0.478 e. The molecule has 4 nitrogen and oxygen atoms in total. The van der Waals surface area contributed by atoms with E-state index in [1.54, 1.807) is 29.1 Å². The fourth-order valence-electron chi connectivity index (χ4n) is 2.22. The van der Waals surface area contributed by atoms with E-state index in [2.05, 4.69) is 5.10 Å². The molecule has 3 aromatic rings. The molecule has 2 aromatic carbocycles. The van der Waals surface area contributed by atoms with E-state index in [-0.39, 0.29) is 5.56 Å². The van der Waals surface area contributed by atoms with Gasteiger partial charge in [0.05, 0.1) is 17.4 Å². The zero-order chi connectivity index (χ0) is 14.8. The Labute approximate surface area is 122 Å². The van der Waals surface area contributed by atoms with Gasteiger partial charge >= 0.3 is 5.97 Å². The molecule has 21 heavy (non-hydrogen) atoms. The van der Waals surface area contributed by atoms with Gasteiger partial charge in [0, 0.05) is 11.8 Å². The van der Waals surface area contributed by atoms with Crippen molar-refractivity contribution in [1.29, 1.82) is 0 Å². The van der Waals surface area contributed by atoms with E-state index < -0.39 is 5.97 Å². The molecular formula is C17H14N2O2. The molecule has 0 amide bonds. The van der Waals surface area contributed by atoms with Crippen LogP contribution >= 0.6 is 0 Å². The maximum atomic E-state index is 11.1. The van der Waals surface area contributed by atoms with Crippen LogP contribution in [0.3, 0.4) is 0 Å². The van der Waals surface area contributed by atoms with E-state index in [4.69, 9.17) is 5.11 Å². The number of aryl methyl sites for hydroxylation is 1. The van der Waals surface area contributed by atoms with Crippen LogP contribution in [-0.2, 0) is 0 Å². The number of carbonyl (C=O) groups is 1. The van der Waals surface area contributed by atoms with Crippen molar-refractivity contribution >= 4 is 5.97 Å². The summed E-state index contributed by atoms with van der Waals surface area (Å²) in [6.45, 7) is 1.94. The summed E-state index contributed by atoms with van der Waals surface area (Å²) >= 11 is 0. The first-order valence-corrected chi connectivity index (χ1v) is 6.59. The Balaban J connectivity index is 2.04. The minimum atomic E-state index is -0.938. The smallest absolute Gasteiger partial charge is 0.335 e. The zero-order valence-corrected chi connectivity index (χ0v) is 11.5. The highest BCUT2D eigenvalue weighted by atomic mass is 16.4. The van der Waals surface area contributed by atoms with Gasteiger partial charge in [-0.2, -0.15) is 5.10 Å². The summed E-state index contributed by atoms with van der Waals surface area (Å²) in [7, 11) is 0. The third kappa shape index (κ3) is 2.56. The molecule has 0 spiro atoms. The topological polar surface area (TPSA) is 55.1 Å². The first-order valence-electron chi connectivity index (χ1n) is 6.59. The van der Waals surface area contributed by atoms with Crippen LogP contribution in [0.4, 0.5) is 0 Å². The SMILES string of the molecule is Cc1ccc(C(=O)O)cc1-n1cc(-c2ccccc2)cn1. The summed E-state index contributed by atoms with van der Waals surface area (Å²) in [4.78, 5) is 11.1. The highest BCUT2D eigenvalue weighted by molar-refractivity contribution is 5.88.